The molecule has 0 saturated heterocycles. The van der Waals surface area contributed by atoms with Crippen molar-refractivity contribution in [3.63, 3.8) is 0 Å². The Bertz CT molecular complexity index is 1450. The third kappa shape index (κ3) is 18.2. The standard InChI is InChI=1S/C14H24O4.2C12H15N3O3/c1-4-7-16-11-14(10-15,12-17-8-5-2)13-18-9-6-3;1-4-7-16-10-13-11(17-8-5-2)15-12(14-10)18-9-6-3;1-4-7-13-10(16)14(8-5-2)12(18)15(9-6-3)11(13)17/h4-6,15H,1-3,7-13H2;2*4-6H,1-3,7-9H2. The Morgan fingerprint density at radius 2 is 0.722 bits per heavy atom. The minimum absolute atomic E-state index is 0.0478. The number of aromatic nitrogens is 6. The Hall–Kier alpha value is -5.68. The van der Waals surface area contributed by atoms with Gasteiger partial charge in [-0.1, -0.05) is 74.4 Å². The predicted molar refractivity (Wildman–Crippen MR) is 209 cm³/mol. The van der Waals surface area contributed by atoms with E-state index in [0.29, 0.717) is 39.6 Å². The second-order valence-electron chi connectivity index (χ2n) is 10.6. The molecule has 0 atom stereocenters. The average Bonchev–Trinajstić information content (AvgIpc) is 3.18. The molecule has 0 radical (unpaired) electrons. The first-order valence-electron chi connectivity index (χ1n) is 16.5. The fraction of sp³-hybridized carbons (Fsp3) is 0.368. The Balaban J connectivity index is 0.000000780. The van der Waals surface area contributed by atoms with E-state index >= 15 is 0 Å². The van der Waals surface area contributed by atoms with E-state index in [1.807, 2.05) is 0 Å². The lowest BCUT2D eigenvalue weighted by atomic mass is 9.92. The zero-order chi connectivity index (χ0) is 40.6. The van der Waals surface area contributed by atoms with Crippen molar-refractivity contribution in [2.24, 2.45) is 5.41 Å². The molecule has 2 rings (SSSR count). The van der Waals surface area contributed by atoms with Crippen LogP contribution in [0.5, 0.6) is 18.0 Å². The molecular formula is C38H54N6O10. The topological polar surface area (TPSA) is 180 Å². The Morgan fingerprint density at radius 3 is 0.926 bits per heavy atom. The molecule has 1 N–H and O–H groups in total. The SMILES string of the molecule is C=CCOCC(CO)(COCC=C)COCC=C.C=CCOc1nc(OCC=C)nc(OCC=C)n1.C=CCn1c(=O)n(CC=C)c(=O)n(CC=C)c1=O. The molecule has 2 aromatic heterocycles. The normalized spacial score (nSPS) is 10.2. The van der Waals surface area contributed by atoms with Gasteiger partial charge in [0.15, 0.2) is 0 Å². The van der Waals surface area contributed by atoms with Crippen LogP contribution in [0.1, 0.15) is 0 Å². The van der Waals surface area contributed by atoms with Crippen LogP contribution in [0.3, 0.4) is 0 Å². The van der Waals surface area contributed by atoms with E-state index in [1.165, 1.54) is 18.2 Å². The quantitative estimate of drug-likeness (QED) is 0.0991. The molecule has 16 nitrogen and oxygen atoms in total. The average molecular weight is 755 g/mol. The first kappa shape index (κ1) is 48.3. The highest BCUT2D eigenvalue weighted by molar-refractivity contribution is 5.09. The van der Waals surface area contributed by atoms with Crippen molar-refractivity contribution in [1.82, 2.24) is 28.7 Å². The van der Waals surface area contributed by atoms with Gasteiger partial charge in [0.2, 0.25) is 0 Å². The fourth-order valence-corrected chi connectivity index (χ4v) is 3.79. The second-order valence-corrected chi connectivity index (χ2v) is 10.6. The van der Waals surface area contributed by atoms with Crippen LogP contribution in [0, 0.1) is 5.41 Å². The Morgan fingerprint density at radius 1 is 0.463 bits per heavy atom. The number of nitrogens with zero attached hydrogens (tertiary/aromatic N) is 6. The van der Waals surface area contributed by atoms with E-state index in [2.05, 4.69) is 74.2 Å². The Kier molecular flexibility index (Phi) is 26.7. The minimum Gasteiger partial charge on any atom is -0.459 e. The molecule has 0 amide bonds. The lowest BCUT2D eigenvalue weighted by Gasteiger charge is -2.30. The maximum atomic E-state index is 11.9. The zero-order valence-corrected chi connectivity index (χ0v) is 31.1. The molecule has 16 heteroatoms. The molecule has 0 unspecified atom stereocenters. The van der Waals surface area contributed by atoms with Crippen molar-refractivity contribution in [3.05, 3.63) is 145 Å². The van der Waals surface area contributed by atoms with Crippen LogP contribution in [-0.2, 0) is 33.8 Å². The highest BCUT2D eigenvalue weighted by Gasteiger charge is 2.31. The third-order valence-electron chi connectivity index (χ3n) is 6.15. The highest BCUT2D eigenvalue weighted by Crippen LogP contribution is 2.19. The summed E-state index contributed by atoms with van der Waals surface area (Å²) in [4.78, 5) is 47.7. The predicted octanol–water partition coefficient (Wildman–Crippen LogP) is 2.87. The smallest absolute Gasteiger partial charge is 0.336 e. The van der Waals surface area contributed by atoms with Gasteiger partial charge in [0.05, 0.1) is 71.3 Å². The number of hydrogen-bond donors (Lipinski definition) is 1. The largest absolute Gasteiger partial charge is 0.459 e. The molecule has 0 aliphatic rings. The molecule has 0 aromatic carbocycles. The molecule has 0 aliphatic heterocycles. The zero-order valence-electron chi connectivity index (χ0n) is 31.1. The van der Waals surface area contributed by atoms with E-state index in [-0.39, 0.29) is 64.1 Å². The summed E-state index contributed by atoms with van der Waals surface area (Å²) >= 11 is 0. The number of aliphatic hydroxyl groups excluding tert-OH is 1. The minimum atomic E-state index is -0.662. The molecule has 2 heterocycles. The monoisotopic (exact) mass is 754 g/mol. The Labute approximate surface area is 316 Å². The molecule has 296 valence electrons. The van der Waals surface area contributed by atoms with E-state index < -0.39 is 22.5 Å². The molecule has 54 heavy (non-hydrogen) atoms. The van der Waals surface area contributed by atoms with Crippen LogP contribution in [0.2, 0.25) is 0 Å². The summed E-state index contributed by atoms with van der Waals surface area (Å²) in [6.45, 7) is 35.1. The van der Waals surface area contributed by atoms with E-state index in [1.54, 1.807) is 36.5 Å². The van der Waals surface area contributed by atoms with Gasteiger partial charge in [0.1, 0.15) is 19.8 Å². The van der Waals surface area contributed by atoms with Crippen LogP contribution in [0.25, 0.3) is 0 Å². The van der Waals surface area contributed by atoms with E-state index in [0.717, 1.165) is 13.7 Å². The number of ether oxygens (including phenoxy) is 6. The van der Waals surface area contributed by atoms with E-state index in [4.69, 9.17) is 28.4 Å². The van der Waals surface area contributed by atoms with Crippen molar-refractivity contribution in [3.8, 4) is 18.0 Å². The van der Waals surface area contributed by atoms with Crippen LogP contribution >= 0.6 is 0 Å². The highest BCUT2D eigenvalue weighted by atomic mass is 16.5. The van der Waals surface area contributed by atoms with Crippen molar-refractivity contribution >= 4 is 0 Å². The van der Waals surface area contributed by atoms with Crippen LogP contribution < -0.4 is 31.3 Å². The molecule has 0 bridgehead atoms. The van der Waals surface area contributed by atoms with Crippen LogP contribution in [0.15, 0.2) is 128 Å². The maximum Gasteiger partial charge on any atom is 0.336 e. The maximum absolute atomic E-state index is 11.9. The molecular weight excluding hydrogens is 700 g/mol. The molecule has 0 spiro atoms. The first-order valence-corrected chi connectivity index (χ1v) is 16.5. The summed E-state index contributed by atoms with van der Waals surface area (Å²) in [5, 5.41) is 9.56. The van der Waals surface area contributed by atoms with Crippen LogP contribution in [-0.4, -0.2) is 99.8 Å². The summed E-state index contributed by atoms with van der Waals surface area (Å²) in [6.07, 6.45) is 14.0. The van der Waals surface area contributed by atoms with Gasteiger partial charge in [-0.3, -0.25) is 0 Å². The number of aliphatic hydroxyl groups is 1. The van der Waals surface area contributed by atoms with Gasteiger partial charge >= 0.3 is 35.1 Å². The summed E-state index contributed by atoms with van der Waals surface area (Å²) in [6, 6.07) is 0.342. The van der Waals surface area contributed by atoms with Gasteiger partial charge in [-0.05, 0) is 0 Å². The molecule has 2 aromatic rings. The summed E-state index contributed by atoms with van der Waals surface area (Å²) in [5.41, 5.74) is -2.55. The summed E-state index contributed by atoms with van der Waals surface area (Å²) in [5.74, 6) is 0. The lowest BCUT2D eigenvalue weighted by molar-refractivity contribution is -0.0821. The van der Waals surface area contributed by atoms with E-state index in [9.17, 15) is 19.5 Å². The number of allylic oxidation sites excluding steroid dienone is 3. The fourth-order valence-electron chi connectivity index (χ4n) is 3.79. The molecule has 0 aliphatic carbocycles. The van der Waals surface area contributed by atoms with Crippen molar-refractivity contribution in [2.45, 2.75) is 19.6 Å². The summed E-state index contributed by atoms with van der Waals surface area (Å²) in [7, 11) is 0. The second kappa shape index (κ2) is 29.9. The number of hydrogen-bond acceptors (Lipinski definition) is 13. The summed E-state index contributed by atoms with van der Waals surface area (Å²) < 4.78 is 34.7. The number of rotatable bonds is 28. The van der Waals surface area contributed by atoms with Gasteiger partial charge in [0.25, 0.3) is 0 Å². The van der Waals surface area contributed by atoms with Crippen molar-refractivity contribution in [1.29, 1.82) is 0 Å². The van der Waals surface area contributed by atoms with Gasteiger partial charge in [0, 0.05) is 0 Å². The van der Waals surface area contributed by atoms with Gasteiger partial charge in [-0.15, -0.1) is 54.4 Å². The molecule has 0 saturated carbocycles. The van der Waals surface area contributed by atoms with Gasteiger partial charge < -0.3 is 33.5 Å². The van der Waals surface area contributed by atoms with Gasteiger partial charge in [-0.2, -0.15) is 0 Å². The van der Waals surface area contributed by atoms with Crippen molar-refractivity contribution < 1.29 is 33.5 Å². The third-order valence-corrected chi connectivity index (χ3v) is 6.15. The van der Waals surface area contributed by atoms with Crippen molar-refractivity contribution in [2.75, 3.05) is 66.1 Å². The van der Waals surface area contributed by atoms with Gasteiger partial charge in [-0.25, -0.2) is 28.1 Å². The first-order chi connectivity index (χ1) is 26.1. The van der Waals surface area contributed by atoms with Crippen LogP contribution in [0.4, 0.5) is 0 Å². The lowest BCUT2D eigenvalue weighted by Crippen LogP contribution is -2.54. The molecule has 0 fully saturated rings.